The highest BCUT2D eigenvalue weighted by atomic mass is 127. The van der Waals surface area contributed by atoms with Crippen molar-refractivity contribution in [2.24, 2.45) is 4.99 Å². The van der Waals surface area contributed by atoms with Gasteiger partial charge in [-0.1, -0.05) is 23.7 Å². The van der Waals surface area contributed by atoms with Crippen molar-refractivity contribution in [2.75, 3.05) is 20.7 Å². The summed E-state index contributed by atoms with van der Waals surface area (Å²) in [5, 5.41) is 8.59. The molecule has 0 saturated carbocycles. The lowest BCUT2D eigenvalue weighted by Gasteiger charge is -2.12. The van der Waals surface area contributed by atoms with Gasteiger partial charge in [0.2, 0.25) is 0 Å². The summed E-state index contributed by atoms with van der Waals surface area (Å²) in [6.45, 7) is 1.48. The number of nitrogens with one attached hydrogen (secondary N) is 3. The highest BCUT2D eigenvalue weighted by Crippen LogP contribution is 2.22. The number of hydrogen-bond acceptors (Lipinski definition) is 2. The number of nitrogens with zero attached hydrogens (tertiary/aromatic N) is 1. The van der Waals surface area contributed by atoms with Crippen LogP contribution >= 0.6 is 35.6 Å². The quantitative estimate of drug-likeness (QED) is 0.269. The van der Waals surface area contributed by atoms with Crippen molar-refractivity contribution in [1.82, 2.24) is 15.6 Å². The lowest BCUT2D eigenvalue weighted by atomic mass is 10.1. The molecule has 0 amide bonds. The van der Waals surface area contributed by atoms with E-state index in [2.05, 4.69) is 20.6 Å². The third-order valence-electron chi connectivity index (χ3n) is 4.26. The maximum absolute atomic E-state index is 6.11. The van der Waals surface area contributed by atoms with E-state index in [-0.39, 0.29) is 24.0 Å². The molecule has 0 spiro atoms. The summed E-state index contributed by atoms with van der Waals surface area (Å²) in [4.78, 5) is 7.55. The van der Waals surface area contributed by atoms with Crippen molar-refractivity contribution in [1.29, 1.82) is 0 Å². The standard InChI is InChI=1S/C20H23ClN4O.HI/c1-22-20(25-12-14-3-6-17(26-2)7-4-14)23-10-9-15-13-24-19-8-5-16(21)11-18(15)19;/h3-8,11,13,24H,9-10,12H2,1-2H3,(H2,22,23,25);1H. The summed E-state index contributed by atoms with van der Waals surface area (Å²) in [6.07, 6.45) is 2.92. The lowest BCUT2D eigenvalue weighted by Crippen LogP contribution is -2.37. The van der Waals surface area contributed by atoms with Crippen molar-refractivity contribution in [3.63, 3.8) is 0 Å². The van der Waals surface area contributed by atoms with Gasteiger partial charge >= 0.3 is 0 Å². The molecule has 0 saturated heterocycles. The molecule has 27 heavy (non-hydrogen) atoms. The van der Waals surface area contributed by atoms with Crippen molar-refractivity contribution in [3.8, 4) is 5.75 Å². The maximum atomic E-state index is 6.11. The van der Waals surface area contributed by atoms with E-state index in [4.69, 9.17) is 16.3 Å². The van der Waals surface area contributed by atoms with Gasteiger partial charge in [-0.05, 0) is 47.9 Å². The van der Waals surface area contributed by atoms with E-state index < -0.39 is 0 Å². The summed E-state index contributed by atoms with van der Waals surface area (Å²) >= 11 is 6.11. The van der Waals surface area contributed by atoms with E-state index in [0.717, 1.165) is 35.2 Å². The fraction of sp³-hybridized carbons (Fsp3) is 0.250. The van der Waals surface area contributed by atoms with Gasteiger partial charge < -0.3 is 20.4 Å². The Morgan fingerprint density at radius 1 is 1.15 bits per heavy atom. The van der Waals surface area contributed by atoms with Gasteiger partial charge in [0.05, 0.1) is 7.11 Å². The van der Waals surface area contributed by atoms with Crippen LogP contribution in [0.2, 0.25) is 5.02 Å². The first-order valence-corrected chi connectivity index (χ1v) is 8.90. The fourth-order valence-corrected chi connectivity index (χ4v) is 2.99. The van der Waals surface area contributed by atoms with Crippen LogP contribution in [0.3, 0.4) is 0 Å². The predicted octanol–water partition coefficient (Wildman–Crippen LogP) is 4.36. The Morgan fingerprint density at radius 2 is 1.93 bits per heavy atom. The van der Waals surface area contributed by atoms with Gasteiger partial charge in [0.15, 0.2) is 5.96 Å². The minimum absolute atomic E-state index is 0. The van der Waals surface area contributed by atoms with E-state index in [9.17, 15) is 0 Å². The van der Waals surface area contributed by atoms with Crippen molar-refractivity contribution >= 4 is 52.4 Å². The van der Waals surface area contributed by atoms with Crippen molar-refractivity contribution < 1.29 is 4.74 Å². The second kappa shape index (κ2) is 10.4. The summed E-state index contributed by atoms with van der Waals surface area (Å²) in [5.74, 6) is 1.63. The van der Waals surface area contributed by atoms with Gasteiger partial charge in [0.25, 0.3) is 0 Å². The normalized spacial score (nSPS) is 11.1. The second-order valence-electron chi connectivity index (χ2n) is 5.95. The van der Waals surface area contributed by atoms with Gasteiger partial charge in [-0.2, -0.15) is 0 Å². The molecule has 2 aromatic carbocycles. The molecule has 0 unspecified atom stereocenters. The van der Waals surface area contributed by atoms with Crippen LogP contribution in [-0.2, 0) is 13.0 Å². The molecule has 0 fully saturated rings. The van der Waals surface area contributed by atoms with Gasteiger partial charge in [-0.25, -0.2) is 0 Å². The molecule has 5 nitrogen and oxygen atoms in total. The van der Waals surface area contributed by atoms with Crippen LogP contribution < -0.4 is 15.4 Å². The SMILES string of the molecule is CN=C(NCCc1c[nH]c2ccc(Cl)cc12)NCc1ccc(OC)cc1.I. The van der Waals surface area contributed by atoms with Gasteiger partial charge in [0.1, 0.15) is 5.75 Å². The van der Waals surface area contributed by atoms with Crippen LogP contribution in [0.5, 0.6) is 5.75 Å². The first kappa shape index (κ1) is 21.4. The zero-order valence-electron chi connectivity index (χ0n) is 15.4. The van der Waals surface area contributed by atoms with Gasteiger partial charge in [-0.3, -0.25) is 4.99 Å². The van der Waals surface area contributed by atoms with Crippen LogP contribution in [0.25, 0.3) is 10.9 Å². The van der Waals surface area contributed by atoms with E-state index in [1.165, 1.54) is 16.5 Å². The Balaban J connectivity index is 0.00000261. The molecule has 0 aliphatic rings. The third kappa shape index (κ3) is 5.77. The fourth-order valence-electron chi connectivity index (χ4n) is 2.82. The van der Waals surface area contributed by atoms with E-state index in [1.54, 1.807) is 14.2 Å². The number of fused-ring (bicyclic) bond motifs is 1. The summed E-state index contributed by atoms with van der Waals surface area (Å²) in [6, 6.07) is 13.9. The first-order valence-electron chi connectivity index (χ1n) is 8.52. The molecule has 3 aromatic rings. The highest BCUT2D eigenvalue weighted by molar-refractivity contribution is 14.0. The number of aromatic nitrogens is 1. The Hall–Kier alpha value is -1.93. The summed E-state index contributed by atoms with van der Waals surface area (Å²) < 4.78 is 5.18. The Labute approximate surface area is 181 Å². The number of aliphatic imine (C=N–C) groups is 1. The van der Waals surface area contributed by atoms with Gasteiger partial charge in [-0.15, -0.1) is 24.0 Å². The molecule has 1 aromatic heterocycles. The molecule has 3 rings (SSSR count). The molecule has 0 aliphatic heterocycles. The van der Waals surface area contributed by atoms with E-state index >= 15 is 0 Å². The molecule has 0 bridgehead atoms. The Kier molecular flexibility index (Phi) is 8.24. The van der Waals surface area contributed by atoms with Crippen LogP contribution in [0, 0.1) is 0 Å². The van der Waals surface area contributed by atoms with Crippen LogP contribution in [0.4, 0.5) is 0 Å². The Bertz CT molecular complexity index is 893. The predicted molar refractivity (Wildman–Crippen MR) is 124 cm³/mol. The van der Waals surface area contributed by atoms with Crippen molar-refractivity contribution in [2.45, 2.75) is 13.0 Å². The molecule has 0 aliphatic carbocycles. The smallest absolute Gasteiger partial charge is 0.191 e. The average molecular weight is 499 g/mol. The minimum atomic E-state index is 0. The second-order valence-corrected chi connectivity index (χ2v) is 6.39. The lowest BCUT2D eigenvalue weighted by molar-refractivity contribution is 0.414. The molecule has 144 valence electrons. The molecule has 1 heterocycles. The average Bonchev–Trinajstić information content (AvgIpc) is 3.07. The number of benzene rings is 2. The van der Waals surface area contributed by atoms with Crippen LogP contribution in [0.15, 0.2) is 53.7 Å². The Morgan fingerprint density at radius 3 is 2.63 bits per heavy atom. The zero-order chi connectivity index (χ0) is 18.4. The van der Waals surface area contributed by atoms with E-state index in [0.29, 0.717) is 6.54 Å². The number of methoxy groups -OCH3 is 1. The highest BCUT2D eigenvalue weighted by Gasteiger charge is 2.05. The molecular weight excluding hydrogens is 475 g/mol. The number of rotatable bonds is 6. The largest absolute Gasteiger partial charge is 0.497 e. The maximum Gasteiger partial charge on any atom is 0.191 e. The van der Waals surface area contributed by atoms with Gasteiger partial charge in [0, 0.05) is 42.3 Å². The van der Waals surface area contributed by atoms with Crippen LogP contribution in [-0.4, -0.2) is 31.6 Å². The third-order valence-corrected chi connectivity index (χ3v) is 4.49. The number of H-pyrrole nitrogens is 1. The number of ether oxygens (including phenoxy) is 1. The summed E-state index contributed by atoms with van der Waals surface area (Å²) in [5.41, 5.74) is 3.51. The monoisotopic (exact) mass is 498 g/mol. The zero-order valence-corrected chi connectivity index (χ0v) is 18.5. The minimum Gasteiger partial charge on any atom is -0.497 e. The van der Waals surface area contributed by atoms with Crippen LogP contribution in [0.1, 0.15) is 11.1 Å². The van der Waals surface area contributed by atoms with Crippen molar-refractivity contribution in [3.05, 3.63) is 64.8 Å². The summed E-state index contributed by atoms with van der Waals surface area (Å²) in [7, 11) is 3.44. The number of hydrogen-bond donors (Lipinski definition) is 3. The molecular formula is C20H24ClIN4O. The molecule has 0 radical (unpaired) electrons. The number of guanidine groups is 1. The molecule has 3 N–H and O–H groups in total. The van der Waals surface area contributed by atoms with E-state index in [1.807, 2.05) is 48.7 Å². The number of halogens is 2. The topological polar surface area (TPSA) is 61.4 Å². The first-order chi connectivity index (χ1) is 12.7. The molecule has 0 atom stereocenters. The molecule has 7 heteroatoms. The number of aromatic amines is 1.